The van der Waals surface area contributed by atoms with Crippen LogP contribution in [0.1, 0.15) is 21.5 Å². The second kappa shape index (κ2) is 11.1. The predicted molar refractivity (Wildman–Crippen MR) is 125 cm³/mol. The molecule has 3 aromatic carbocycles. The molecule has 0 aliphatic heterocycles. The lowest BCUT2D eigenvalue weighted by Crippen LogP contribution is -2.34. The summed E-state index contributed by atoms with van der Waals surface area (Å²) in [6.45, 7) is -0.168. The number of carboxylic acid groups (broad SMARTS) is 1. The van der Waals surface area contributed by atoms with Crippen LogP contribution in [0.5, 0.6) is 5.75 Å². The van der Waals surface area contributed by atoms with Gasteiger partial charge in [0.25, 0.3) is 5.91 Å². The Bertz CT molecular complexity index is 1100. The molecule has 8 heteroatoms. The number of halogens is 1. The van der Waals surface area contributed by atoms with Gasteiger partial charge in [-0.05, 0) is 59.7 Å². The zero-order valence-electron chi connectivity index (χ0n) is 17.3. The third kappa shape index (κ3) is 6.18. The minimum Gasteiger partial charge on any atom is -0.497 e. The Labute approximate surface area is 194 Å². The van der Waals surface area contributed by atoms with Crippen LogP contribution in [0.25, 0.3) is 0 Å². The third-order valence-electron chi connectivity index (χ3n) is 4.56. The van der Waals surface area contributed by atoms with Crippen molar-refractivity contribution in [1.29, 1.82) is 0 Å². The summed E-state index contributed by atoms with van der Waals surface area (Å²) in [7, 11) is 1.58. The van der Waals surface area contributed by atoms with E-state index in [1.807, 2.05) is 24.3 Å². The number of amides is 1. The Kier molecular flexibility index (Phi) is 7.99. The predicted octanol–water partition coefficient (Wildman–Crippen LogP) is 4.74. The molecule has 1 amide bonds. The number of carbonyl (C=O) groups is 2. The molecular formula is C24H21BrN2O5. The van der Waals surface area contributed by atoms with Crippen LogP contribution in [0.2, 0.25) is 0 Å². The lowest BCUT2D eigenvalue weighted by molar-refractivity contribution is -0.123. The molecule has 3 aromatic rings. The molecule has 0 unspecified atom stereocenters. The Hall–Kier alpha value is -3.65. The van der Waals surface area contributed by atoms with E-state index in [9.17, 15) is 14.7 Å². The van der Waals surface area contributed by atoms with Gasteiger partial charge in [-0.3, -0.25) is 4.79 Å². The molecule has 0 aliphatic carbocycles. The molecule has 1 N–H and O–H groups in total. The molecule has 0 radical (unpaired) electrons. The highest BCUT2D eigenvalue weighted by atomic mass is 79.9. The van der Waals surface area contributed by atoms with Crippen LogP contribution in [-0.2, 0) is 16.2 Å². The third-order valence-corrected chi connectivity index (χ3v) is 5.09. The lowest BCUT2D eigenvalue weighted by Gasteiger charge is -2.24. The van der Waals surface area contributed by atoms with Crippen molar-refractivity contribution in [3.63, 3.8) is 0 Å². The summed E-state index contributed by atoms with van der Waals surface area (Å²) in [5.41, 5.74) is 1.93. The molecule has 0 spiro atoms. The number of nitrogens with zero attached hydrogens (tertiary/aromatic N) is 2. The van der Waals surface area contributed by atoms with Crippen molar-refractivity contribution in [2.75, 3.05) is 18.6 Å². The van der Waals surface area contributed by atoms with Crippen LogP contribution in [0.4, 0.5) is 5.69 Å². The Morgan fingerprint density at radius 1 is 1.03 bits per heavy atom. The fourth-order valence-electron chi connectivity index (χ4n) is 2.93. The maximum atomic E-state index is 13.0. The van der Waals surface area contributed by atoms with Crippen molar-refractivity contribution >= 4 is 39.7 Å². The average Bonchev–Trinajstić information content (AvgIpc) is 2.81. The second-order valence-corrected chi connectivity index (χ2v) is 7.63. The van der Waals surface area contributed by atoms with Crippen LogP contribution in [0.3, 0.4) is 0 Å². The summed E-state index contributed by atoms with van der Waals surface area (Å²) in [4.78, 5) is 31.3. The summed E-state index contributed by atoms with van der Waals surface area (Å²) in [6, 6.07) is 21.0. The number of methoxy groups -OCH3 is 1. The van der Waals surface area contributed by atoms with Crippen LogP contribution in [0.15, 0.2) is 82.4 Å². The second-order valence-electron chi connectivity index (χ2n) is 6.71. The Morgan fingerprint density at radius 2 is 1.72 bits per heavy atom. The maximum Gasteiger partial charge on any atom is 0.337 e. The van der Waals surface area contributed by atoms with Crippen molar-refractivity contribution in [3.05, 3.63) is 94.0 Å². The van der Waals surface area contributed by atoms with Gasteiger partial charge >= 0.3 is 5.97 Å². The van der Waals surface area contributed by atoms with Gasteiger partial charge in [0.05, 0.1) is 31.1 Å². The number of hydrogen-bond acceptors (Lipinski definition) is 5. The summed E-state index contributed by atoms with van der Waals surface area (Å²) >= 11 is 3.38. The summed E-state index contributed by atoms with van der Waals surface area (Å²) < 4.78 is 6.01. The summed E-state index contributed by atoms with van der Waals surface area (Å²) in [5, 5.41) is 13.4. The van der Waals surface area contributed by atoms with Gasteiger partial charge in [0.2, 0.25) is 0 Å². The zero-order valence-corrected chi connectivity index (χ0v) is 18.9. The van der Waals surface area contributed by atoms with E-state index in [0.717, 1.165) is 21.3 Å². The number of hydrogen-bond donors (Lipinski definition) is 1. The molecule has 3 rings (SSSR count). The first-order valence-electron chi connectivity index (χ1n) is 9.64. The van der Waals surface area contributed by atoms with E-state index in [2.05, 4.69) is 21.1 Å². The topological polar surface area (TPSA) is 88.4 Å². The fraction of sp³-hybridized carbons (Fsp3) is 0.125. The number of anilines is 1. The number of oxime groups is 1. The van der Waals surface area contributed by atoms with Gasteiger partial charge in [-0.1, -0.05) is 45.4 Å². The molecule has 7 nitrogen and oxygen atoms in total. The number of aromatic carboxylic acids is 1. The highest BCUT2D eigenvalue weighted by molar-refractivity contribution is 9.10. The van der Waals surface area contributed by atoms with Gasteiger partial charge in [-0.25, -0.2) is 4.79 Å². The quantitative estimate of drug-likeness (QED) is 0.341. The standard InChI is InChI=1S/C24H21BrN2O5/c1-31-20-12-8-17(9-13-20)14-26-32-16-23(28)27(15-18-6-10-19(25)11-7-18)22-5-3-2-4-21(22)24(29)30/h2-14H,15-16H2,1H3,(H,29,30)/b26-14+. The van der Waals surface area contributed by atoms with E-state index in [1.54, 1.807) is 49.6 Å². The lowest BCUT2D eigenvalue weighted by atomic mass is 10.1. The zero-order chi connectivity index (χ0) is 22.9. The number of para-hydroxylation sites is 1. The van der Waals surface area contributed by atoms with E-state index < -0.39 is 11.9 Å². The smallest absolute Gasteiger partial charge is 0.337 e. The molecule has 164 valence electrons. The van der Waals surface area contributed by atoms with Gasteiger partial charge < -0.3 is 19.6 Å². The number of ether oxygens (including phenoxy) is 1. The molecule has 0 heterocycles. The molecule has 0 atom stereocenters. The first-order chi connectivity index (χ1) is 15.5. The minimum atomic E-state index is -1.12. The first-order valence-corrected chi connectivity index (χ1v) is 10.4. The molecule has 0 aromatic heterocycles. The van der Waals surface area contributed by atoms with Gasteiger partial charge in [0.1, 0.15) is 5.75 Å². The van der Waals surface area contributed by atoms with Crippen LogP contribution < -0.4 is 9.64 Å². The number of carbonyl (C=O) groups excluding carboxylic acids is 1. The number of benzene rings is 3. The van der Waals surface area contributed by atoms with Gasteiger partial charge in [-0.15, -0.1) is 0 Å². The largest absolute Gasteiger partial charge is 0.497 e. The molecular weight excluding hydrogens is 476 g/mol. The minimum absolute atomic E-state index is 0.0275. The van der Waals surface area contributed by atoms with Crippen LogP contribution in [0, 0.1) is 0 Å². The van der Waals surface area contributed by atoms with E-state index in [4.69, 9.17) is 9.57 Å². The molecule has 0 bridgehead atoms. The summed E-state index contributed by atoms with van der Waals surface area (Å²) in [6.07, 6.45) is 1.48. The molecule has 32 heavy (non-hydrogen) atoms. The monoisotopic (exact) mass is 496 g/mol. The van der Waals surface area contributed by atoms with Crippen molar-refractivity contribution in [2.45, 2.75) is 6.54 Å². The van der Waals surface area contributed by atoms with E-state index >= 15 is 0 Å². The normalized spacial score (nSPS) is 10.7. The van der Waals surface area contributed by atoms with Crippen LogP contribution in [-0.4, -0.2) is 36.9 Å². The first kappa shape index (κ1) is 23.0. The Balaban J connectivity index is 1.76. The summed E-state index contributed by atoms with van der Waals surface area (Å²) in [5.74, 6) is -0.819. The molecule has 0 fully saturated rings. The van der Waals surface area contributed by atoms with Crippen LogP contribution >= 0.6 is 15.9 Å². The fourth-order valence-corrected chi connectivity index (χ4v) is 3.19. The van der Waals surface area contributed by atoms with Crippen molar-refractivity contribution in [3.8, 4) is 5.75 Å². The Morgan fingerprint density at radius 3 is 2.38 bits per heavy atom. The molecule has 0 saturated heterocycles. The van der Waals surface area contributed by atoms with Gasteiger partial charge in [0.15, 0.2) is 6.61 Å². The number of rotatable bonds is 9. The highest BCUT2D eigenvalue weighted by Gasteiger charge is 2.22. The maximum absolute atomic E-state index is 13.0. The van der Waals surface area contributed by atoms with Gasteiger partial charge in [-0.2, -0.15) is 0 Å². The van der Waals surface area contributed by atoms with E-state index in [0.29, 0.717) is 0 Å². The van der Waals surface area contributed by atoms with Crippen molar-refractivity contribution in [1.82, 2.24) is 0 Å². The van der Waals surface area contributed by atoms with Crippen molar-refractivity contribution < 1.29 is 24.3 Å². The average molecular weight is 497 g/mol. The highest BCUT2D eigenvalue weighted by Crippen LogP contribution is 2.24. The number of carboxylic acids is 1. The van der Waals surface area contributed by atoms with E-state index in [-0.39, 0.29) is 24.4 Å². The van der Waals surface area contributed by atoms with E-state index in [1.165, 1.54) is 17.2 Å². The van der Waals surface area contributed by atoms with Gasteiger partial charge in [0, 0.05) is 4.47 Å². The molecule has 0 aliphatic rings. The SMILES string of the molecule is COc1ccc(/C=N/OCC(=O)N(Cc2ccc(Br)cc2)c2ccccc2C(=O)O)cc1. The van der Waals surface area contributed by atoms with Crippen molar-refractivity contribution in [2.24, 2.45) is 5.16 Å². The molecule has 0 saturated carbocycles.